The van der Waals surface area contributed by atoms with Gasteiger partial charge < -0.3 is 20.3 Å². The van der Waals surface area contributed by atoms with Gasteiger partial charge in [-0.1, -0.05) is 31.2 Å². The molecule has 1 aromatic heterocycles. The number of hydrogen-bond donors (Lipinski definition) is 1. The highest BCUT2D eigenvalue weighted by atomic mass is 35.5. The van der Waals surface area contributed by atoms with E-state index in [2.05, 4.69) is 47.1 Å². The van der Waals surface area contributed by atoms with Crippen molar-refractivity contribution in [3.63, 3.8) is 0 Å². The number of nitrogens with two attached hydrogens (primary N) is 1. The van der Waals surface area contributed by atoms with Gasteiger partial charge in [0.15, 0.2) is 6.61 Å². The third-order valence-corrected chi connectivity index (χ3v) is 5.37. The highest BCUT2D eigenvalue weighted by Gasteiger charge is 2.19. The molecule has 0 unspecified atom stereocenters. The van der Waals surface area contributed by atoms with E-state index in [0.29, 0.717) is 5.75 Å². The van der Waals surface area contributed by atoms with E-state index in [0.717, 1.165) is 49.8 Å². The molecule has 0 bridgehead atoms. The van der Waals surface area contributed by atoms with Crippen molar-refractivity contribution in [1.82, 2.24) is 9.88 Å². The van der Waals surface area contributed by atoms with Gasteiger partial charge in [-0.3, -0.25) is 4.79 Å². The van der Waals surface area contributed by atoms with Gasteiger partial charge in [0.25, 0.3) is 5.91 Å². The van der Waals surface area contributed by atoms with Crippen molar-refractivity contribution >= 4 is 47.3 Å². The average Bonchev–Trinajstić information content (AvgIpc) is 2.77. The van der Waals surface area contributed by atoms with Crippen LogP contribution in [0.4, 0.5) is 5.82 Å². The summed E-state index contributed by atoms with van der Waals surface area (Å²) >= 11 is 0. The van der Waals surface area contributed by atoms with Crippen LogP contribution >= 0.6 is 24.8 Å². The number of hydrogen-bond acceptors (Lipinski definition) is 5. The fourth-order valence-corrected chi connectivity index (χ4v) is 3.72. The summed E-state index contributed by atoms with van der Waals surface area (Å²) in [6.45, 7) is 7.25. The number of carbonyl (C=O) groups excluding carboxylic acids is 1. The molecule has 0 radical (unpaired) electrons. The van der Waals surface area contributed by atoms with Gasteiger partial charge in [-0.05, 0) is 42.3 Å². The first-order valence-corrected chi connectivity index (χ1v) is 10.0. The molecule has 3 aromatic rings. The molecule has 1 amide bonds. The van der Waals surface area contributed by atoms with E-state index < -0.39 is 5.91 Å². The second-order valence-corrected chi connectivity index (χ2v) is 7.25. The van der Waals surface area contributed by atoms with Crippen molar-refractivity contribution in [3.8, 4) is 17.0 Å². The van der Waals surface area contributed by atoms with Crippen LogP contribution in [0.2, 0.25) is 0 Å². The molecule has 1 fully saturated rings. The topological polar surface area (TPSA) is 71.7 Å². The minimum atomic E-state index is -0.488. The minimum Gasteiger partial charge on any atom is -0.484 e. The zero-order valence-corrected chi connectivity index (χ0v) is 19.1. The number of aromatic nitrogens is 1. The van der Waals surface area contributed by atoms with E-state index in [-0.39, 0.29) is 31.4 Å². The molecule has 2 aromatic carbocycles. The number of primary amides is 1. The van der Waals surface area contributed by atoms with Gasteiger partial charge >= 0.3 is 0 Å². The molecular weight excluding hydrogens is 435 g/mol. The number of amides is 1. The number of likely N-dealkylation sites (N-methyl/N-ethyl adjacent to an activating group) is 1. The Balaban J connectivity index is 0.00000171. The maximum Gasteiger partial charge on any atom is 0.255 e. The molecule has 31 heavy (non-hydrogen) atoms. The maximum absolute atomic E-state index is 10.9. The van der Waals surface area contributed by atoms with Gasteiger partial charge in [0.1, 0.15) is 11.6 Å². The smallest absolute Gasteiger partial charge is 0.255 e. The second-order valence-electron chi connectivity index (χ2n) is 7.25. The number of benzene rings is 2. The number of anilines is 1. The van der Waals surface area contributed by atoms with Crippen LogP contribution in [-0.2, 0) is 4.79 Å². The normalized spacial score (nSPS) is 13.9. The maximum atomic E-state index is 10.9. The zero-order valence-electron chi connectivity index (χ0n) is 17.5. The van der Waals surface area contributed by atoms with Crippen molar-refractivity contribution in [3.05, 3.63) is 54.6 Å². The Hall–Kier alpha value is -2.54. The third-order valence-electron chi connectivity index (χ3n) is 5.37. The van der Waals surface area contributed by atoms with E-state index in [9.17, 15) is 4.79 Å². The largest absolute Gasteiger partial charge is 0.484 e. The standard InChI is InChI=1S/C23H26N4O2.2ClH/c1-2-26-11-13-27(14-12-26)23-20-6-4-3-5-18(20)15-21(25-23)17-7-9-19(10-8-17)29-16-22(24)28;;/h3-10,15H,2,11-14,16H2,1H3,(H2,24,28);2*1H. The number of ether oxygens (including phenoxy) is 1. The number of pyridine rings is 1. The Morgan fingerprint density at radius 1 is 1.03 bits per heavy atom. The van der Waals surface area contributed by atoms with Crippen LogP contribution in [0, 0.1) is 0 Å². The minimum absolute atomic E-state index is 0. The predicted octanol–water partition coefficient (Wildman–Crippen LogP) is 3.75. The summed E-state index contributed by atoms with van der Waals surface area (Å²) in [6.07, 6.45) is 0. The number of rotatable bonds is 6. The Bertz CT molecular complexity index is 1010. The Morgan fingerprint density at radius 2 is 1.71 bits per heavy atom. The van der Waals surface area contributed by atoms with Crippen LogP contribution < -0.4 is 15.4 Å². The van der Waals surface area contributed by atoms with Gasteiger partial charge in [-0.2, -0.15) is 0 Å². The molecule has 2 heterocycles. The summed E-state index contributed by atoms with van der Waals surface area (Å²) in [7, 11) is 0. The van der Waals surface area contributed by atoms with E-state index >= 15 is 0 Å². The van der Waals surface area contributed by atoms with Crippen LogP contribution in [0.3, 0.4) is 0 Å². The average molecular weight is 463 g/mol. The van der Waals surface area contributed by atoms with Crippen LogP contribution in [0.1, 0.15) is 6.92 Å². The summed E-state index contributed by atoms with van der Waals surface area (Å²) in [5.74, 6) is 1.17. The lowest BCUT2D eigenvalue weighted by molar-refractivity contribution is -0.119. The van der Waals surface area contributed by atoms with Crippen molar-refractivity contribution in [2.45, 2.75) is 6.92 Å². The van der Waals surface area contributed by atoms with Gasteiger partial charge in [-0.25, -0.2) is 4.98 Å². The first-order chi connectivity index (χ1) is 14.1. The van der Waals surface area contributed by atoms with Gasteiger partial charge in [-0.15, -0.1) is 24.8 Å². The fourth-order valence-electron chi connectivity index (χ4n) is 3.72. The molecule has 0 saturated carbocycles. The number of carbonyl (C=O) groups is 1. The van der Waals surface area contributed by atoms with Crippen molar-refractivity contribution in [1.29, 1.82) is 0 Å². The molecule has 8 heteroatoms. The Labute approximate surface area is 195 Å². The number of halogens is 2. The van der Waals surface area contributed by atoms with Gasteiger partial charge in [0, 0.05) is 37.1 Å². The first-order valence-electron chi connectivity index (χ1n) is 10.0. The lowest BCUT2D eigenvalue weighted by Gasteiger charge is -2.35. The van der Waals surface area contributed by atoms with Crippen molar-refractivity contribution in [2.24, 2.45) is 5.73 Å². The Morgan fingerprint density at radius 3 is 2.35 bits per heavy atom. The molecule has 0 aliphatic carbocycles. The van der Waals surface area contributed by atoms with Crippen LogP contribution in [0.5, 0.6) is 5.75 Å². The first kappa shape index (κ1) is 24.7. The quantitative estimate of drug-likeness (QED) is 0.603. The van der Waals surface area contributed by atoms with Gasteiger partial charge in [0.2, 0.25) is 0 Å². The molecule has 2 N–H and O–H groups in total. The number of nitrogens with zero attached hydrogens (tertiary/aromatic N) is 3. The SMILES string of the molecule is CCN1CCN(c2nc(-c3ccc(OCC(N)=O)cc3)cc3ccccc23)CC1.Cl.Cl. The highest BCUT2D eigenvalue weighted by molar-refractivity contribution is 5.95. The van der Waals surface area contributed by atoms with Gasteiger partial charge in [0.05, 0.1) is 5.69 Å². The van der Waals surface area contributed by atoms with E-state index in [1.165, 1.54) is 10.8 Å². The van der Waals surface area contributed by atoms with E-state index in [4.69, 9.17) is 15.5 Å². The predicted molar refractivity (Wildman–Crippen MR) is 131 cm³/mol. The van der Waals surface area contributed by atoms with Crippen molar-refractivity contribution in [2.75, 3.05) is 44.2 Å². The summed E-state index contributed by atoms with van der Waals surface area (Å²) < 4.78 is 5.36. The molecule has 1 aliphatic rings. The molecule has 1 aliphatic heterocycles. The monoisotopic (exact) mass is 462 g/mol. The van der Waals surface area contributed by atoms with E-state index in [1.54, 1.807) is 0 Å². The molecule has 0 spiro atoms. The summed E-state index contributed by atoms with van der Waals surface area (Å²) in [6, 6.07) is 18.2. The molecule has 4 rings (SSSR count). The lowest BCUT2D eigenvalue weighted by Crippen LogP contribution is -2.46. The molecule has 1 saturated heterocycles. The van der Waals surface area contributed by atoms with Crippen LogP contribution in [-0.4, -0.2) is 55.1 Å². The zero-order chi connectivity index (χ0) is 20.2. The molecule has 6 nitrogen and oxygen atoms in total. The third kappa shape index (κ3) is 5.79. The Kier molecular flexibility index (Phi) is 8.92. The van der Waals surface area contributed by atoms with E-state index in [1.807, 2.05) is 24.3 Å². The van der Waals surface area contributed by atoms with Crippen molar-refractivity contribution < 1.29 is 9.53 Å². The summed E-state index contributed by atoms with van der Waals surface area (Å²) in [5, 5.41) is 2.36. The summed E-state index contributed by atoms with van der Waals surface area (Å²) in [5.41, 5.74) is 7.08. The molecular formula is C23H28Cl2N4O2. The number of piperazine rings is 1. The lowest BCUT2D eigenvalue weighted by atomic mass is 10.1. The van der Waals surface area contributed by atoms with Crippen LogP contribution in [0.15, 0.2) is 54.6 Å². The number of fused-ring (bicyclic) bond motifs is 1. The highest BCUT2D eigenvalue weighted by Crippen LogP contribution is 2.31. The fraction of sp³-hybridized carbons (Fsp3) is 0.304. The molecule has 166 valence electrons. The summed E-state index contributed by atoms with van der Waals surface area (Å²) in [4.78, 5) is 20.8. The van der Waals surface area contributed by atoms with Crippen LogP contribution in [0.25, 0.3) is 22.0 Å². The second kappa shape index (κ2) is 11.2. The molecule has 0 atom stereocenters.